The monoisotopic (exact) mass is 319 g/mol. The second-order valence-electron chi connectivity index (χ2n) is 4.85. The number of ether oxygens (including phenoxy) is 2. The van der Waals surface area contributed by atoms with Gasteiger partial charge in [-0.3, -0.25) is 0 Å². The largest absolute Gasteiger partial charge is 0.491 e. The van der Waals surface area contributed by atoms with Crippen molar-refractivity contribution < 1.29 is 9.47 Å². The van der Waals surface area contributed by atoms with Gasteiger partial charge >= 0.3 is 0 Å². The van der Waals surface area contributed by atoms with Gasteiger partial charge in [-0.2, -0.15) is 0 Å². The zero-order chi connectivity index (χ0) is 15.6. The molecule has 2 aromatic rings. The lowest BCUT2D eigenvalue weighted by Crippen LogP contribution is -2.14. The average molecular weight is 320 g/mol. The predicted molar refractivity (Wildman–Crippen MR) is 90.4 cm³/mol. The number of halogens is 1. The molecule has 0 fully saturated rings. The summed E-state index contributed by atoms with van der Waals surface area (Å²) in [5.74, 6) is 0.897. The molecule has 22 heavy (non-hydrogen) atoms. The first-order valence-corrected chi connectivity index (χ1v) is 7.91. The van der Waals surface area contributed by atoms with Crippen molar-refractivity contribution in [1.29, 1.82) is 0 Å². The third-order valence-electron chi connectivity index (χ3n) is 3.25. The van der Waals surface area contributed by atoms with E-state index >= 15 is 0 Å². The van der Waals surface area contributed by atoms with E-state index in [1.54, 1.807) is 0 Å². The lowest BCUT2D eigenvalue weighted by molar-refractivity contribution is 0.110. The molecule has 0 saturated heterocycles. The first kappa shape index (κ1) is 16.8. The van der Waals surface area contributed by atoms with E-state index in [0.717, 1.165) is 35.0 Å². The number of benzene rings is 2. The van der Waals surface area contributed by atoms with Crippen LogP contribution in [0.4, 0.5) is 0 Å². The quantitative estimate of drug-likeness (QED) is 0.707. The summed E-state index contributed by atoms with van der Waals surface area (Å²) in [7, 11) is 0. The summed E-state index contributed by atoms with van der Waals surface area (Å²) in [4.78, 5) is 0. The predicted octanol–water partition coefficient (Wildman–Crippen LogP) is 4.05. The minimum atomic E-state index is 0.565. The van der Waals surface area contributed by atoms with Crippen LogP contribution in [0.1, 0.15) is 18.1 Å². The van der Waals surface area contributed by atoms with Gasteiger partial charge in [0.2, 0.25) is 0 Å². The van der Waals surface area contributed by atoms with Crippen LogP contribution in [-0.2, 0) is 17.8 Å². The molecule has 3 nitrogen and oxygen atoms in total. The van der Waals surface area contributed by atoms with Gasteiger partial charge in [-0.25, -0.2) is 0 Å². The minimum Gasteiger partial charge on any atom is -0.491 e. The maximum atomic E-state index is 6.16. The van der Waals surface area contributed by atoms with E-state index in [1.165, 1.54) is 0 Å². The number of para-hydroxylation sites is 1. The van der Waals surface area contributed by atoms with Crippen LogP contribution < -0.4 is 10.1 Å². The normalized spacial score (nSPS) is 10.6. The Bertz CT molecular complexity index is 575. The van der Waals surface area contributed by atoms with Crippen LogP contribution in [-0.4, -0.2) is 19.8 Å². The van der Waals surface area contributed by atoms with Gasteiger partial charge in [0.05, 0.1) is 6.61 Å². The first-order valence-electron chi connectivity index (χ1n) is 7.54. The van der Waals surface area contributed by atoms with Crippen LogP contribution in [0, 0.1) is 0 Å². The molecule has 0 heterocycles. The Morgan fingerprint density at radius 3 is 2.36 bits per heavy atom. The summed E-state index contributed by atoms with van der Waals surface area (Å²) in [6.07, 6.45) is 0. The third kappa shape index (κ3) is 5.34. The molecule has 0 unspecified atom stereocenters. The number of hydrogen-bond donors (Lipinski definition) is 1. The van der Waals surface area contributed by atoms with Crippen LogP contribution in [0.5, 0.6) is 5.75 Å². The van der Waals surface area contributed by atoms with Crippen LogP contribution >= 0.6 is 11.6 Å². The van der Waals surface area contributed by atoms with E-state index < -0.39 is 0 Å². The number of nitrogens with one attached hydrogen (secondary N) is 1. The van der Waals surface area contributed by atoms with Crippen molar-refractivity contribution in [3.05, 3.63) is 64.7 Å². The minimum absolute atomic E-state index is 0.565. The average Bonchev–Trinajstić information content (AvgIpc) is 2.55. The molecule has 0 aromatic heterocycles. The molecule has 0 atom stereocenters. The molecule has 0 aliphatic rings. The van der Waals surface area contributed by atoms with Crippen LogP contribution in [0.15, 0.2) is 48.5 Å². The summed E-state index contributed by atoms with van der Waals surface area (Å²) >= 11 is 6.16. The van der Waals surface area contributed by atoms with Crippen molar-refractivity contribution in [2.75, 3.05) is 19.8 Å². The number of hydrogen-bond acceptors (Lipinski definition) is 3. The molecule has 0 bridgehead atoms. The lowest BCUT2D eigenvalue weighted by atomic mass is 10.2. The van der Waals surface area contributed by atoms with Gasteiger partial charge < -0.3 is 14.8 Å². The van der Waals surface area contributed by atoms with Crippen molar-refractivity contribution >= 4 is 11.6 Å². The summed E-state index contributed by atoms with van der Waals surface area (Å²) in [6, 6.07) is 15.9. The van der Waals surface area contributed by atoms with E-state index in [-0.39, 0.29) is 0 Å². The topological polar surface area (TPSA) is 30.5 Å². The fourth-order valence-corrected chi connectivity index (χ4v) is 2.32. The molecule has 1 N–H and O–H groups in total. The van der Waals surface area contributed by atoms with E-state index in [0.29, 0.717) is 19.8 Å². The molecule has 0 saturated carbocycles. The lowest BCUT2D eigenvalue weighted by Gasteiger charge is -2.12. The maximum absolute atomic E-state index is 6.16. The Morgan fingerprint density at radius 2 is 1.59 bits per heavy atom. The van der Waals surface area contributed by atoms with Gasteiger partial charge in [-0.05, 0) is 24.6 Å². The molecule has 0 aliphatic heterocycles. The van der Waals surface area contributed by atoms with Crippen molar-refractivity contribution in [2.24, 2.45) is 0 Å². The highest BCUT2D eigenvalue weighted by Crippen LogP contribution is 2.19. The molecular formula is C18H22ClNO2. The highest BCUT2D eigenvalue weighted by molar-refractivity contribution is 6.31. The van der Waals surface area contributed by atoms with Gasteiger partial charge in [-0.1, -0.05) is 48.0 Å². The van der Waals surface area contributed by atoms with Gasteiger partial charge in [0.15, 0.2) is 0 Å². The van der Waals surface area contributed by atoms with Crippen molar-refractivity contribution in [3.8, 4) is 5.75 Å². The summed E-state index contributed by atoms with van der Waals surface area (Å²) in [5.41, 5.74) is 2.23. The van der Waals surface area contributed by atoms with Crippen molar-refractivity contribution in [3.63, 3.8) is 0 Å². The summed E-state index contributed by atoms with van der Waals surface area (Å²) < 4.78 is 11.1. The molecule has 2 rings (SSSR count). The highest BCUT2D eigenvalue weighted by atomic mass is 35.5. The van der Waals surface area contributed by atoms with Crippen LogP contribution in [0.25, 0.3) is 0 Å². The molecular weight excluding hydrogens is 298 g/mol. The second kappa shape index (κ2) is 9.46. The van der Waals surface area contributed by atoms with E-state index in [2.05, 4.69) is 11.4 Å². The fourth-order valence-electron chi connectivity index (χ4n) is 2.12. The molecule has 0 amide bonds. The van der Waals surface area contributed by atoms with Gasteiger partial charge in [-0.15, -0.1) is 0 Å². The summed E-state index contributed by atoms with van der Waals surface area (Å²) in [5, 5.41) is 4.19. The third-order valence-corrected chi connectivity index (χ3v) is 3.62. The molecule has 118 valence electrons. The Labute approximate surface area is 137 Å². The zero-order valence-electron chi connectivity index (χ0n) is 12.8. The standard InChI is InChI=1S/C18H22ClNO2/c1-2-21-11-12-22-18-10-6-4-8-16(18)14-20-13-15-7-3-5-9-17(15)19/h3-10,20H,2,11-14H2,1H3. The Hall–Kier alpha value is -1.55. The van der Waals surface area contributed by atoms with Gasteiger partial charge in [0, 0.05) is 30.3 Å². The Balaban J connectivity index is 1.85. The fraction of sp³-hybridized carbons (Fsp3) is 0.333. The Kier molecular flexibility index (Phi) is 7.23. The van der Waals surface area contributed by atoms with Crippen LogP contribution in [0.2, 0.25) is 5.02 Å². The zero-order valence-corrected chi connectivity index (χ0v) is 13.6. The smallest absolute Gasteiger partial charge is 0.123 e. The van der Waals surface area contributed by atoms with Crippen molar-refractivity contribution in [2.45, 2.75) is 20.0 Å². The van der Waals surface area contributed by atoms with E-state index in [9.17, 15) is 0 Å². The second-order valence-corrected chi connectivity index (χ2v) is 5.26. The van der Waals surface area contributed by atoms with Gasteiger partial charge in [0.25, 0.3) is 0 Å². The van der Waals surface area contributed by atoms with Crippen LogP contribution in [0.3, 0.4) is 0 Å². The summed E-state index contributed by atoms with van der Waals surface area (Å²) in [6.45, 7) is 5.33. The maximum Gasteiger partial charge on any atom is 0.123 e. The van der Waals surface area contributed by atoms with Crippen molar-refractivity contribution in [1.82, 2.24) is 5.32 Å². The molecule has 4 heteroatoms. The van der Waals surface area contributed by atoms with E-state index in [1.807, 2.05) is 49.4 Å². The van der Waals surface area contributed by atoms with Gasteiger partial charge in [0.1, 0.15) is 12.4 Å². The first-order chi connectivity index (χ1) is 10.8. The Morgan fingerprint density at radius 1 is 0.909 bits per heavy atom. The molecule has 2 aromatic carbocycles. The molecule has 0 aliphatic carbocycles. The SMILES string of the molecule is CCOCCOc1ccccc1CNCc1ccccc1Cl. The molecule has 0 spiro atoms. The highest BCUT2D eigenvalue weighted by Gasteiger charge is 2.04. The van der Waals surface area contributed by atoms with E-state index in [4.69, 9.17) is 21.1 Å². The molecule has 0 radical (unpaired) electrons. The number of rotatable bonds is 9.